The van der Waals surface area contributed by atoms with Crippen LogP contribution in [0.3, 0.4) is 0 Å². The van der Waals surface area contributed by atoms with E-state index in [-0.39, 0.29) is 6.61 Å². The molecule has 0 radical (unpaired) electrons. The number of halogens is 6. The normalized spacial score (nSPS) is 13.1. The lowest BCUT2D eigenvalue weighted by atomic mass is 10.2. The molecule has 5 nitrogen and oxygen atoms in total. The van der Waals surface area contributed by atoms with Gasteiger partial charge >= 0.3 is 24.4 Å². The van der Waals surface area contributed by atoms with E-state index in [0.29, 0.717) is 6.07 Å². The van der Waals surface area contributed by atoms with E-state index in [9.17, 15) is 35.9 Å². The molecule has 1 aromatic carbocycles. The van der Waals surface area contributed by atoms with Gasteiger partial charge in [0.25, 0.3) is 0 Å². The summed E-state index contributed by atoms with van der Waals surface area (Å²) in [4.78, 5) is 22.8. The fraction of sp³-hybridized carbons (Fsp3) is 0.385. The number of benzene rings is 1. The second-order valence-corrected chi connectivity index (χ2v) is 4.40. The van der Waals surface area contributed by atoms with E-state index < -0.39 is 41.6 Å². The summed E-state index contributed by atoms with van der Waals surface area (Å²) >= 11 is 0. The average Bonchev–Trinajstić information content (AvgIpc) is 2.43. The molecule has 0 aliphatic rings. The van der Waals surface area contributed by atoms with Gasteiger partial charge in [-0.1, -0.05) is 6.07 Å². The Balaban J connectivity index is 2.85. The topological polar surface area (TPSA) is 67.4 Å². The Morgan fingerprint density at radius 3 is 2.29 bits per heavy atom. The molecule has 2 N–H and O–H groups in total. The first-order chi connectivity index (χ1) is 10.9. The van der Waals surface area contributed by atoms with Crippen LogP contribution >= 0.6 is 0 Å². The number of amides is 2. The van der Waals surface area contributed by atoms with Crippen molar-refractivity contribution < 1.29 is 40.7 Å². The minimum Gasteiger partial charge on any atom is -0.464 e. The summed E-state index contributed by atoms with van der Waals surface area (Å²) in [5.74, 6) is -1.73. The van der Waals surface area contributed by atoms with E-state index in [1.54, 1.807) is 5.32 Å². The molecule has 0 aliphatic carbocycles. The van der Waals surface area contributed by atoms with Gasteiger partial charge in [0.15, 0.2) is 0 Å². The van der Waals surface area contributed by atoms with Crippen molar-refractivity contribution in [3.8, 4) is 0 Å². The Morgan fingerprint density at radius 1 is 1.17 bits per heavy atom. The monoisotopic (exact) mass is 358 g/mol. The Kier molecular flexibility index (Phi) is 6.04. The maximum absolute atomic E-state index is 12.7. The summed E-state index contributed by atoms with van der Waals surface area (Å²) < 4.78 is 79.9. The molecule has 11 heteroatoms. The maximum atomic E-state index is 12.7. The zero-order chi connectivity index (χ0) is 18.5. The van der Waals surface area contributed by atoms with Crippen molar-refractivity contribution in [1.29, 1.82) is 0 Å². The van der Waals surface area contributed by atoms with Crippen molar-refractivity contribution in [2.45, 2.75) is 25.3 Å². The first-order valence-electron chi connectivity index (χ1n) is 6.43. The van der Waals surface area contributed by atoms with E-state index in [4.69, 9.17) is 0 Å². The molecule has 24 heavy (non-hydrogen) atoms. The molecule has 1 rings (SSSR count). The van der Waals surface area contributed by atoms with Crippen molar-refractivity contribution in [2.24, 2.45) is 0 Å². The van der Waals surface area contributed by atoms with Crippen LogP contribution in [-0.2, 0) is 15.7 Å². The molecule has 0 spiro atoms. The van der Waals surface area contributed by atoms with Crippen LogP contribution in [0.4, 0.5) is 36.8 Å². The molecule has 0 fully saturated rings. The molecule has 0 heterocycles. The molecule has 0 saturated carbocycles. The Labute approximate surface area is 132 Å². The van der Waals surface area contributed by atoms with E-state index in [2.05, 4.69) is 4.74 Å². The Hall–Kier alpha value is -2.46. The highest BCUT2D eigenvalue weighted by molar-refractivity contribution is 5.92. The SMILES string of the molecule is CCOC(=O)C(NC(=O)Nc1cccc(C(F)(F)F)c1)C(F)(F)F. The highest BCUT2D eigenvalue weighted by atomic mass is 19.4. The third-order valence-corrected chi connectivity index (χ3v) is 2.57. The maximum Gasteiger partial charge on any atom is 0.419 e. The van der Waals surface area contributed by atoms with Gasteiger partial charge in [0.05, 0.1) is 12.2 Å². The zero-order valence-electron chi connectivity index (χ0n) is 12.1. The molecule has 1 atom stereocenters. The van der Waals surface area contributed by atoms with Crippen molar-refractivity contribution in [3.63, 3.8) is 0 Å². The predicted octanol–water partition coefficient (Wildman–Crippen LogP) is 3.32. The van der Waals surface area contributed by atoms with Crippen LogP contribution in [0.1, 0.15) is 12.5 Å². The van der Waals surface area contributed by atoms with Gasteiger partial charge < -0.3 is 15.4 Å². The molecular weight excluding hydrogens is 346 g/mol. The van der Waals surface area contributed by atoms with E-state index in [1.165, 1.54) is 12.2 Å². The molecule has 1 aromatic rings. The lowest BCUT2D eigenvalue weighted by Crippen LogP contribution is -2.52. The van der Waals surface area contributed by atoms with Crippen LogP contribution in [0.25, 0.3) is 0 Å². The average molecular weight is 358 g/mol. The van der Waals surface area contributed by atoms with E-state index in [0.717, 1.165) is 18.2 Å². The summed E-state index contributed by atoms with van der Waals surface area (Å²) in [6.07, 6.45) is -9.81. The van der Waals surface area contributed by atoms with Gasteiger partial charge in [-0.15, -0.1) is 0 Å². The first kappa shape index (κ1) is 19.6. The second kappa shape index (κ2) is 7.41. The molecule has 2 amide bonds. The summed E-state index contributed by atoms with van der Waals surface area (Å²) in [5, 5.41) is 3.11. The van der Waals surface area contributed by atoms with Crippen molar-refractivity contribution in [2.75, 3.05) is 11.9 Å². The van der Waals surface area contributed by atoms with Gasteiger partial charge in [0.1, 0.15) is 0 Å². The number of nitrogens with one attached hydrogen (secondary N) is 2. The summed E-state index contributed by atoms with van der Waals surface area (Å²) in [5.41, 5.74) is -1.50. The molecular formula is C13H12F6N2O3. The number of hydrogen-bond donors (Lipinski definition) is 2. The number of carbonyl (C=O) groups excluding carboxylic acids is 2. The molecule has 1 unspecified atom stereocenters. The van der Waals surface area contributed by atoms with Crippen LogP contribution < -0.4 is 10.6 Å². The number of hydrogen-bond acceptors (Lipinski definition) is 3. The fourth-order valence-electron chi connectivity index (χ4n) is 1.57. The van der Waals surface area contributed by atoms with Crippen LogP contribution in [0.2, 0.25) is 0 Å². The largest absolute Gasteiger partial charge is 0.464 e. The summed E-state index contributed by atoms with van der Waals surface area (Å²) in [6, 6.07) is -1.19. The van der Waals surface area contributed by atoms with Gasteiger partial charge in [-0.3, -0.25) is 0 Å². The number of carbonyl (C=O) groups is 2. The van der Waals surface area contributed by atoms with E-state index in [1.807, 2.05) is 0 Å². The smallest absolute Gasteiger partial charge is 0.419 e. The van der Waals surface area contributed by atoms with Crippen molar-refractivity contribution in [3.05, 3.63) is 29.8 Å². The summed E-state index contributed by atoms with van der Waals surface area (Å²) in [6.45, 7) is 0.927. The quantitative estimate of drug-likeness (QED) is 0.641. The third-order valence-electron chi connectivity index (χ3n) is 2.57. The number of esters is 1. The zero-order valence-corrected chi connectivity index (χ0v) is 12.1. The number of urea groups is 1. The predicted molar refractivity (Wildman–Crippen MR) is 70.1 cm³/mol. The molecule has 134 valence electrons. The third kappa shape index (κ3) is 5.63. The molecule has 0 saturated heterocycles. The minimum absolute atomic E-state index is 0.345. The second-order valence-electron chi connectivity index (χ2n) is 4.40. The Morgan fingerprint density at radius 2 is 1.79 bits per heavy atom. The van der Waals surface area contributed by atoms with Gasteiger partial charge in [0.2, 0.25) is 6.04 Å². The Bertz CT molecular complexity index is 600. The first-order valence-corrected chi connectivity index (χ1v) is 6.43. The molecule has 0 bridgehead atoms. The highest BCUT2D eigenvalue weighted by Gasteiger charge is 2.47. The highest BCUT2D eigenvalue weighted by Crippen LogP contribution is 2.30. The number of rotatable bonds is 4. The van der Waals surface area contributed by atoms with Gasteiger partial charge in [-0.05, 0) is 25.1 Å². The number of anilines is 1. The number of alkyl halides is 6. The van der Waals surface area contributed by atoms with Gasteiger partial charge in [0, 0.05) is 5.69 Å². The summed E-state index contributed by atoms with van der Waals surface area (Å²) in [7, 11) is 0. The lowest BCUT2D eigenvalue weighted by molar-refractivity contribution is -0.182. The van der Waals surface area contributed by atoms with Crippen LogP contribution in [0, 0.1) is 0 Å². The van der Waals surface area contributed by atoms with Gasteiger partial charge in [-0.25, -0.2) is 9.59 Å². The van der Waals surface area contributed by atoms with Crippen molar-refractivity contribution in [1.82, 2.24) is 5.32 Å². The molecule has 0 aliphatic heterocycles. The van der Waals surface area contributed by atoms with Crippen molar-refractivity contribution >= 4 is 17.7 Å². The lowest BCUT2D eigenvalue weighted by Gasteiger charge is -2.20. The van der Waals surface area contributed by atoms with Crippen LogP contribution in [-0.4, -0.2) is 30.8 Å². The van der Waals surface area contributed by atoms with Crippen LogP contribution in [0.15, 0.2) is 24.3 Å². The van der Waals surface area contributed by atoms with Crippen LogP contribution in [0.5, 0.6) is 0 Å². The number of ether oxygens (including phenoxy) is 1. The molecule has 0 aromatic heterocycles. The van der Waals surface area contributed by atoms with E-state index >= 15 is 0 Å². The van der Waals surface area contributed by atoms with Gasteiger partial charge in [-0.2, -0.15) is 26.3 Å². The standard InChI is InChI=1S/C13H12F6N2O3/c1-2-24-10(22)9(13(17,18)19)21-11(23)20-8-5-3-4-7(6-8)12(14,15)16/h3-6,9H,2H2,1H3,(H2,20,21,23). The minimum atomic E-state index is -5.13. The fourth-order valence-corrected chi connectivity index (χ4v) is 1.57.